The minimum absolute atomic E-state index is 0.0478. The highest BCUT2D eigenvalue weighted by atomic mass is 32.2. The normalized spacial score (nSPS) is 18.6. The zero-order valence-electron chi connectivity index (χ0n) is 15.5. The SMILES string of the molecule is CCON=C(C)C1=C(O)CC(CCSc2ccc(F)c(C(F)(F)F)c2)CC1=O. The Kier molecular flexibility index (Phi) is 7.51. The predicted octanol–water partition coefficient (Wildman–Crippen LogP) is 5.53. The first-order chi connectivity index (χ1) is 13.1. The lowest BCUT2D eigenvalue weighted by Gasteiger charge is -2.23. The summed E-state index contributed by atoms with van der Waals surface area (Å²) in [4.78, 5) is 17.5. The minimum Gasteiger partial charge on any atom is -0.511 e. The van der Waals surface area contributed by atoms with Crippen LogP contribution in [0.15, 0.2) is 39.6 Å². The Morgan fingerprint density at radius 1 is 1.36 bits per heavy atom. The summed E-state index contributed by atoms with van der Waals surface area (Å²) in [6, 6.07) is 2.88. The van der Waals surface area contributed by atoms with Gasteiger partial charge in [-0.05, 0) is 50.1 Å². The number of alkyl halides is 3. The van der Waals surface area contributed by atoms with Crippen LogP contribution in [0.25, 0.3) is 0 Å². The molecular weight excluding hydrogens is 398 g/mol. The number of aliphatic hydroxyl groups is 1. The van der Waals surface area contributed by atoms with Crippen LogP contribution < -0.4 is 0 Å². The van der Waals surface area contributed by atoms with Gasteiger partial charge in [0.05, 0.1) is 16.8 Å². The van der Waals surface area contributed by atoms with Crippen LogP contribution in [0.5, 0.6) is 0 Å². The number of Topliss-reactive ketones (excluding diaryl/α,β-unsaturated/α-hetero) is 1. The van der Waals surface area contributed by atoms with Gasteiger partial charge in [-0.25, -0.2) is 4.39 Å². The van der Waals surface area contributed by atoms with Gasteiger partial charge in [0.1, 0.15) is 18.2 Å². The van der Waals surface area contributed by atoms with Gasteiger partial charge in [-0.3, -0.25) is 4.79 Å². The lowest BCUT2D eigenvalue weighted by Crippen LogP contribution is -2.24. The second-order valence-corrected chi connectivity index (χ2v) is 7.56. The van der Waals surface area contributed by atoms with Gasteiger partial charge in [0, 0.05) is 17.7 Å². The van der Waals surface area contributed by atoms with E-state index >= 15 is 0 Å². The lowest BCUT2D eigenvalue weighted by atomic mass is 9.84. The number of allylic oxidation sites excluding steroid dienone is 2. The Labute approximate surface area is 164 Å². The number of nitrogens with zero attached hydrogens (tertiary/aromatic N) is 1. The van der Waals surface area contributed by atoms with E-state index < -0.39 is 17.6 Å². The van der Waals surface area contributed by atoms with Crippen molar-refractivity contribution >= 4 is 23.3 Å². The van der Waals surface area contributed by atoms with Gasteiger partial charge in [0.15, 0.2) is 5.78 Å². The van der Waals surface area contributed by atoms with Crippen LogP contribution in [-0.2, 0) is 15.8 Å². The van der Waals surface area contributed by atoms with Crippen LogP contribution in [-0.4, -0.2) is 29.0 Å². The van der Waals surface area contributed by atoms with Gasteiger partial charge in [0.25, 0.3) is 0 Å². The molecule has 0 fully saturated rings. The largest absolute Gasteiger partial charge is 0.511 e. The zero-order valence-corrected chi connectivity index (χ0v) is 16.3. The van der Waals surface area contributed by atoms with Crippen LogP contribution >= 0.6 is 11.8 Å². The van der Waals surface area contributed by atoms with Crippen LogP contribution in [0.1, 0.15) is 38.7 Å². The molecule has 0 radical (unpaired) electrons. The minimum atomic E-state index is -4.75. The average molecular weight is 419 g/mol. The summed E-state index contributed by atoms with van der Waals surface area (Å²) >= 11 is 1.15. The quantitative estimate of drug-likeness (QED) is 0.273. The molecule has 1 atom stereocenters. The molecular formula is C19H21F4NO3S. The molecule has 0 aliphatic heterocycles. The van der Waals surface area contributed by atoms with E-state index in [9.17, 15) is 27.5 Å². The third-order valence-corrected chi connectivity index (χ3v) is 5.28. The molecule has 1 aliphatic rings. The molecule has 0 aromatic heterocycles. The van der Waals surface area contributed by atoms with Crippen LogP contribution in [0.3, 0.4) is 0 Å². The van der Waals surface area contributed by atoms with Crippen molar-refractivity contribution < 1.29 is 32.3 Å². The van der Waals surface area contributed by atoms with Crippen molar-refractivity contribution in [1.82, 2.24) is 0 Å². The molecule has 28 heavy (non-hydrogen) atoms. The molecule has 0 amide bonds. The Hall–Kier alpha value is -2.03. The molecule has 0 saturated carbocycles. The number of oxime groups is 1. The van der Waals surface area contributed by atoms with Gasteiger partial charge >= 0.3 is 6.18 Å². The number of halogens is 4. The van der Waals surface area contributed by atoms with Crippen molar-refractivity contribution in [3.8, 4) is 0 Å². The Balaban J connectivity index is 1.97. The number of carbonyl (C=O) groups is 1. The Morgan fingerprint density at radius 3 is 2.68 bits per heavy atom. The van der Waals surface area contributed by atoms with Gasteiger partial charge in [0.2, 0.25) is 0 Å². The number of ketones is 1. The first kappa shape index (κ1) is 22.3. The molecule has 1 aliphatic carbocycles. The highest BCUT2D eigenvalue weighted by Crippen LogP contribution is 2.35. The van der Waals surface area contributed by atoms with Crippen LogP contribution in [0.2, 0.25) is 0 Å². The first-order valence-electron chi connectivity index (χ1n) is 8.75. The van der Waals surface area contributed by atoms with E-state index in [4.69, 9.17) is 4.84 Å². The summed E-state index contributed by atoms with van der Waals surface area (Å²) in [5.74, 6) is -1.27. The second kappa shape index (κ2) is 9.45. The highest BCUT2D eigenvalue weighted by Gasteiger charge is 2.34. The molecule has 0 spiro atoms. The van der Waals surface area contributed by atoms with Gasteiger partial charge in [-0.15, -0.1) is 11.8 Å². The number of hydrogen-bond acceptors (Lipinski definition) is 5. The smallest absolute Gasteiger partial charge is 0.419 e. The zero-order chi connectivity index (χ0) is 20.9. The molecule has 1 aromatic carbocycles. The van der Waals surface area contributed by atoms with E-state index in [-0.39, 0.29) is 35.9 Å². The molecule has 9 heteroatoms. The van der Waals surface area contributed by atoms with E-state index in [0.717, 1.165) is 23.9 Å². The molecule has 2 rings (SSSR count). The Morgan fingerprint density at radius 2 is 2.07 bits per heavy atom. The molecule has 0 bridgehead atoms. The number of hydrogen-bond donors (Lipinski definition) is 1. The fourth-order valence-corrected chi connectivity index (χ4v) is 4.00. The maximum atomic E-state index is 13.3. The summed E-state index contributed by atoms with van der Waals surface area (Å²) in [6.07, 6.45) is -3.72. The van der Waals surface area contributed by atoms with Crippen LogP contribution in [0.4, 0.5) is 17.6 Å². The summed E-state index contributed by atoms with van der Waals surface area (Å²) in [6.45, 7) is 3.68. The fourth-order valence-electron chi connectivity index (χ4n) is 2.95. The molecule has 154 valence electrons. The van der Waals surface area contributed by atoms with E-state index in [1.54, 1.807) is 13.8 Å². The summed E-state index contributed by atoms with van der Waals surface area (Å²) in [5.41, 5.74) is -0.798. The molecule has 1 N–H and O–H groups in total. The number of carbonyl (C=O) groups excluding carboxylic acids is 1. The van der Waals surface area contributed by atoms with E-state index in [2.05, 4.69) is 5.16 Å². The van der Waals surface area contributed by atoms with E-state index in [0.29, 0.717) is 29.4 Å². The summed E-state index contributed by atoms with van der Waals surface area (Å²) in [5, 5.41) is 14.0. The first-order valence-corrected chi connectivity index (χ1v) is 9.73. The molecule has 1 unspecified atom stereocenters. The predicted molar refractivity (Wildman–Crippen MR) is 98.9 cm³/mol. The third-order valence-electron chi connectivity index (χ3n) is 4.25. The van der Waals surface area contributed by atoms with Gasteiger partial charge < -0.3 is 9.94 Å². The van der Waals surface area contributed by atoms with Crippen molar-refractivity contribution in [3.63, 3.8) is 0 Å². The maximum Gasteiger partial charge on any atom is 0.419 e. The number of thioether (sulfide) groups is 1. The fraction of sp³-hybridized carbons (Fsp3) is 0.474. The van der Waals surface area contributed by atoms with Crippen LogP contribution in [0, 0.1) is 11.7 Å². The summed E-state index contributed by atoms with van der Waals surface area (Å²) < 4.78 is 51.6. The number of rotatable bonds is 7. The maximum absolute atomic E-state index is 13.3. The molecule has 0 saturated heterocycles. The number of aliphatic hydroxyl groups excluding tert-OH is 1. The molecule has 0 heterocycles. The summed E-state index contributed by atoms with van der Waals surface area (Å²) in [7, 11) is 0. The van der Waals surface area contributed by atoms with E-state index in [1.807, 2.05) is 0 Å². The van der Waals surface area contributed by atoms with Crippen molar-refractivity contribution in [2.24, 2.45) is 11.1 Å². The topological polar surface area (TPSA) is 58.9 Å². The lowest BCUT2D eigenvalue weighted by molar-refractivity contribution is -0.140. The molecule has 4 nitrogen and oxygen atoms in total. The Bertz CT molecular complexity index is 790. The van der Waals surface area contributed by atoms with Crippen molar-refractivity contribution in [3.05, 3.63) is 40.9 Å². The monoisotopic (exact) mass is 419 g/mol. The third kappa shape index (κ3) is 5.73. The van der Waals surface area contributed by atoms with Crippen molar-refractivity contribution in [2.45, 2.75) is 44.2 Å². The van der Waals surface area contributed by atoms with Crippen molar-refractivity contribution in [2.75, 3.05) is 12.4 Å². The standard InChI is InChI=1S/C19H21F4NO3S/c1-3-27-24-11(2)18-16(25)8-12(9-17(18)26)6-7-28-13-4-5-15(20)14(10-13)19(21,22)23/h4-5,10,12,25H,3,6-9H2,1-2H3. The van der Waals surface area contributed by atoms with E-state index in [1.165, 1.54) is 6.07 Å². The number of benzene rings is 1. The van der Waals surface area contributed by atoms with Crippen molar-refractivity contribution in [1.29, 1.82) is 0 Å². The van der Waals surface area contributed by atoms with Gasteiger partial charge in [-0.2, -0.15) is 13.2 Å². The van der Waals surface area contributed by atoms with Gasteiger partial charge in [-0.1, -0.05) is 5.16 Å². The average Bonchev–Trinajstić information content (AvgIpc) is 2.59. The molecule has 1 aromatic rings. The second-order valence-electron chi connectivity index (χ2n) is 6.39. The highest BCUT2D eigenvalue weighted by molar-refractivity contribution is 7.99.